The van der Waals surface area contributed by atoms with Gasteiger partial charge in [-0.2, -0.15) is 5.10 Å². The van der Waals surface area contributed by atoms with Crippen LogP contribution in [-0.4, -0.2) is 42.3 Å². The Kier molecular flexibility index (Phi) is 6.32. The third kappa shape index (κ3) is 4.43. The first kappa shape index (κ1) is 23.2. The average molecular weight is 546 g/mol. The Bertz CT molecular complexity index is 1300. The maximum absolute atomic E-state index is 14.9. The van der Waals surface area contributed by atoms with Crippen LogP contribution in [-0.2, 0) is 25.1 Å². The molecule has 1 aliphatic heterocycles. The van der Waals surface area contributed by atoms with Gasteiger partial charge in [0.2, 0.25) is 0 Å². The zero-order chi connectivity index (χ0) is 23.9. The molecule has 176 valence electrons. The number of fused-ring (bicyclic) bond motifs is 1. The average Bonchev–Trinajstić information content (AvgIpc) is 3.48. The molecule has 2 atom stereocenters. The minimum Gasteiger partial charge on any atom is -0.381 e. The van der Waals surface area contributed by atoms with Gasteiger partial charge in [-0.1, -0.05) is 34.1 Å². The fraction of sp³-hybridized carbons (Fsp3) is 0.292. The highest BCUT2D eigenvalue weighted by molar-refractivity contribution is 9.10. The molecule has 3 heterocycles. The fourth-order valence-corrected chi connectivity index (χ4v) is 5.81. The van der Waals surface area contributed by atoms with Crippen molar-refractivity contribution in [1.29, 1.82) is 0 Å². The second kappa shape index (κ2) is 9.26. The second-order valence-corrected chi connectivity index (χ2v) is 10.4. The van der Waals surface area contributed by atoms with Gasteiger partial charge in [-0.15, -0.1) is 11.3 Å². The van der Waals surface area contributed by atoms with Crippen LogP contribution in [0.5, 0.6) is 0 Å². The van der Waals surface area contributed by atoms with E-state index in [2.05, 4.69) is 30.9 Å². The third-order valence-corrected chi connectivity index (χ3v) is 8.02. The van der Waals surface area contributed by atoms with Gasteiger partial charge in [0.15, 0.2) is 0 Å². The summed E-state index contributed by atoms with van der Waals surface area (Å²) in [5.74, 6) is -1.48. The van der Waals surface area contributed by atoms with Crippen molar-refractivity contribution in [2.24, 2.45) is 0 Å². The number of hydrogen-bond donors (Lipinski definition) is 1. The van der Waals surface area contributed by atoms with Gasteiger partial charge in [0.05, 0.1) is 12.2 Å². The quantitative estimate of drug-likeness (QED) is 0.377. The summed E-state index contributed by atoms with van der Waals surface area (Å²) in [6.07, 6.45) is 3.55. The molecular weight excluding hydrogens is 524 g/mol. The molecule has 5 rings (SSSR count). The molecule has 10 heteroatoms. The van der Waals surface area contributed by atoms with Crippen LogP contribution in [0.15, 0.2) is 59.6 Å². The molecule has 1 aliphatic rings. The number of aliphatic hydroxyl groups is 1. The first-order valence-corrected chi connectivity index (χ1v) is 12.4. The van der Waals surface area contributed by atoms with Crippen LogP contribution >= 0.6 is 27.3 Å². The van der Waals surface area contributed by atoms with E-state index in [1.165, 1.54) is 29.5 Å². The molecule has 0 amide bonds. The van der Waals surface area contributed by atoms with Crippen molar-refractivity contribution < 1.29 is 13.9 Å². The smallest absolute Gasteiger partial charge is 0.137 e. The summed E-state index contributed by atoms with van der Waals surface area (Å²) in [5, 5.41) is 16.9. The van der Waals surface area contributed by atoms with Crippen LogP contribution in [0.25, 0.3) is 10.6 Å². The summed E-state index contributed by atoms with van der Waals surface area (Å²) in [6, 6.07) is 10.8. The molecule has 0 bridgehead atoms. The van der Waals surface area contributed by atoms with Crippen molar-refractivity contribution in [3.05, 3.63) is 87.4 Å². The summed E-state index contributed by atoms with van der Waals surface area (Å²) < 4.78 is 31.0. The van der Waals surface area contributed by atoms with Gasteiger partial charge < -0.3 is 5.11 Å². The van der Waals surface area contributed by atoms with E-state index in [9.17, 15) is 13.9 Å². The van der Waals surface area contributed by atoms with Gasteiger partial charge in [-0.3, -0.25) is 4.90 Å². The lowest BCUT2D eigenvalue weighted by Crippen LogP contribution is -2.53. The molecule has 0 fully saturated rings. The Morgan fingerprint density at radius 1 is 1.21 bits per heavy atom. The Morgan fingerprint density at radius 3 is 2.71 bits per heavy atom. The summed E-state index contributed by atoms with van der Waals surface area (Å²) in [5.41, 5.74) is 0.474. The maximum atomic E-state index is 14.9. The van der Waals surface area contributed by atoms with Crippen LogP contribution in [0, 0.1) is 11.6 Å². The highest BCUT2D eigenvalue weighted by Crippen LogP contribution is 2.37. The monoisotopic (exact) mass is 545 g/mol. The van der Waals surface area contributed by atoms with Gasteiger partial charge in [0, 0.05) is 52.1 Å². The first-order valence-electron chi connectivity index (χ1n) is 10.8. The standard InChI is InChI=1S/C24H22BrF2N5OS/c1-15(24(33,12-32-14-28-13-29-32)19-7-6-18(26)10-20(19)27)31-9-8-21-22(11-31)34-23(30-21)16-2-4-17(25)5-3-16/h2-7,10,13-15,33H,8-9,11-12H2,1H3/t15-,24-/m1/s1. The predicted molar refractivity (Wildman–Crippen MR) is 129 cm³/mol. The van der Waals surface area contributed by atoms with E-state index in [4.69, 9.17) is 4.98 Å². The topological polar surface area (TPSA) is 67.1 Å². The van der Waals surface area contributed by atoms with E-state index in [1.54, 1.807) is 11.3 Å². The lowest BCUT2D eigenvalue weighted by molar-refractivity contribution is -0.0675. The lowest BCUT2D eigenvalue weighted by atomic mass is 9.85. The summed E-state index contributed by atoms with van der Waals surface area (Å²) in [4.78, 5) is 12.0. The van der Waals surface area contributed by atoms with Crippen molar-refractivity contribution in [3.8, 4) is 10.6 Å². The number of aromatic nitrogens is 4. The number of halogens is 3. The van der Waals surface area contributed by atoms with E-state index in [0.29, 0.717) is 13.1 Å². The van der Waals surface area contributed by atoms with Gasteiger partial charge in [-0.05, 0) is 25.1 Å². The van der Waals surface area contributed by atoms with Gasteiger partial charge in [0.25, 0.3) is 0 Å². The van der Waals surface area contributed by atoms with Crippen molar-refractivity contribution in [2.75, 3.05) is 6.54 Å². The van der Waals surface area contributed by atoms with Crippen LogP contribution in [0.3, 0.4) is 0 Å². The number of thiazole rings is 1. The van der Waals surface area contributed by atoms with E-state index in [0.717, 1.165) is 38.1 Å². The van der Waals surface area contributed by atoms with Crippen LogP contribution in [0.2, 0.25) is 0 Å². The maximum Gasteiger partial charge on any atom is 0.137 e. The molecule has 0 spiro atoms. The molecule has 4 aromatic rings. The second-order valence-electron chi connectivity index (χ2n) is 8.43. The van der Waals surface area contributed by atoms with Gasteiger partial charge in [-0.25, -0.2) is 23.4 Å². The largest absolute Gasteiger partial charge is 0.381 e. The molecule has 2 aromatic carbocycles. The minimum absolute atomic E-state index is 0.0209. The fourth-order valence-electron chi connectivity index (χ4n) is 4.41. The molecule has 6 nitrogen and oxygen atoms in total. The molecule has 0 radical (unpaired) electrons. The summed E-state index contributed by atoms with van der Waals surface area (Å²) in [7, 11) is 0. The molecular formula is C24H22BrF2N5OS. The lowest BCUT2D eigenvalue weighted by Gasteiger charge is -2.42. The van der Waals surface area contributed by atoms with Crippen molar-refractivity contribution >= 4 is 27.3 Å². The molecule has 1 N–H and O–H groups in total. The zero-order valence-electron chi connectivity index (χ0n) is 18.3. The first-order chi connectivity index (χ1) is 16.3. The van der Waals surface area contributed by atoms with E-state index >= 15 is 0 Å². The van der Waals surface area contributed by atoms with Crippen LogP contribution in [0.4, 0.5) is 8.78 Å². The summed E-state index contributed by atoms with van der Waals surface area (Å²) in [6.45, 7) is 3.07. The molecule has 34 heavy (non-hydrogen) atoms. The number of nitrogens with zero attached hydrogens (tertiary/aromatic N) is 5. The Hall–Kier alpha value is -2.53. The predicted octanol–water partition coefficient (Wildman–Crippen LogP) is 4.78. The van der Waals surface area contributed by atoms with Crippen molar-refractivity contribution in [2.45, 2.75) is 38.1 Å². The molecule has 0 unspecified atom stereocenters. The van der Waals surface area contributed by atoms with E-state index in [-0.39, 0.29) is 12.1 Å². The Morgan fingerprint density at radius 2 is 2.00 bits per heavy atom. The van der Waals surface area contributed by atoms with Crippen molar-refractivity contribution in [1.82, 2.24) is 24.6 Å². The summed E-state index contributed by atoms with van der Waals surface area (Å²) >= 11 is 5.09. The minimum atomic E-state index is -1.66. The number of rotatable bonds is 6. The van der Waals surface area contributed by atoms with Crippen LogP contribution in [0.1, 0.15) is 23.1 Å². The SMILES string of the molecule is C[C@@H](N1CCc2nc(-c3ccc(Br)cc3)sc2C1)[C@](O)(Cn1cncn1)c1ccc(F)cc1F. The van der Waals surface area contributed by atoms with E-state index < -0.39 is 23.3 Å². The molecule has 0 aliphatic carbocycles. The van der Waals surface area contributed by atoms with Gasteiger partial charge >= 0.3 is 0 Å². The number of benzene rings is 2. The normalized spacial score (nSPS) is 16.7. The van der Waals surface area contributed by atoms with Crippen LogP contribution < -0.4 is 0 Å². The Labute approximate surface area is 208 Å². The third-order valence-electron chi connectivity index (χ3n) is 6.36. The van der Waals surface area contributed by atoms with Gasteiger partial charge in [0.1, 0.15) is 34.9 Å². The molecule has 0 saturated carbocycles. The highest BCUT2D eigenvalue weighted by Gasteiger charge is 2.43. The highest BCUT2D eigenvalue weighted by atomic mass is 79.9. The van der Waals surface area contributed by atoms with Crippen molar-refractivity contribution in [3.63, 3.8) is 0 Å². The number of hydrogen-bond acceptors (Lipinski definition) is 6. The van der Waals surface area contributed by atoms with E-state index in [1.807, 2.05) is 31.2 Å². The molecule has 0 saturated heterocycles. The zero-order valence-corrected chi connectivity index (χ0v) is 20.7. The molecule has 2 aromatic heterocycles. The Balaban J connectivity index is 1.45.